The van der Waals surface area contributed by atoms with Crippen LogP contribution >= 0.6 is 11.6 Å². The van der Waals surface area contributed by atoms with Gasteiger partial charge in [0.2, 0.25) is 0 Å². The summed E-state index contributed by atoms with van der Waals surface area (Å²) < 4.78 is 15.0. The van der Waals surface area contributed by atoms with Crippen LogP contribution in [0.3, 0.4) is 0 Å². The van der Waals surface area contributed by atoms with E-state index in [1.165, 1.54) is 6.33 Å². The third-order valence-electron chi connectivity index (χ3n) is 3.83. The second-order valence-corrected chi connectivity index (χ2v) is 5.89. The number of hydrogen-bond acceptors (Lipinski definition) is 3. The van der Waals surface area contributed by atoms with E-state index in [4.69, 9.17) is 11.6 Å². The van der Waals surface area contributed by atoms with Gasteiger partial charge in [0.1, 0.15) is 13.4 Å². The molecular formula is C16H12BClFN5. The lowest BCUT2D eigenvalue weighted by atomic mass is 9.96. The highest BCUT2D eigenvalue weighted by atomic mass is 35.5. The van der Waals surface area contributed by atoms with Gasteiger partial charge in [-0.3, -0.25) is 0 Å². The molecule has 0 amide bonds. The molecule has 24 heavy (non-hydrogen) atoms. The molecule has 0 saturated heterocycles. The van der Waals surface area contributed by atoms with E-state index in [0.717, 1.165) is 5.46 Å². The molecule has 0 fully saturated rings. The van der Waals surface area contributed by atoms with E-state index in [2.05, 4.69) is 25.3 Å². The summed E-state index contributed by atoms with van der Waals surface area (Å²) in [6, 6.07) is 7.38. The van der Waals surface area contributed by atoms with Gasteiger partial charge in [-0.05, 0) is 18.2 Å². The number of nitrogens with one attached hydrogen (secondary N) is 3. The Morgan fingerprint density at radius 1 is 1.17 bits per heavy atom. The zero-order valence-corrected chi connectivity index (χ0v) is 13.4. The van der Waals surface area contributed by atoms with E-state index in [1.807, 2.05) is 32.1 Å². The van der Waals surface area contributed by atoms with Crippen LogP contribution in [0, 0.1) is 5.82 Å². The quantitative estimate of drug-likeness (QED) is 0.503. The van der Waals surface area contributed by atoms with Crippen molar-refractivity contribution in [2.45, 2.75) is 0 Å². The summed E-state index contributed by atoms with van der Waals surface area (Å²) in [6.07, 6.45) is 4.65. The standard InChI is InChI=1S/C16H12BClFN5/c17-8-1-2-11(10(18)3-8)24-15-9(13-5-20-6-21-13)4-12-16(14(15)19)23-7-22-12/h1-7,24H,17H2,(H,20,21)(H,22,23). The van der Waals surface area contributed by atoms with Crippen LogP contribution in [0.1, 0.15) is 0 Å². The molecule has 8 heteroatoms. The molecule has 4 rings (SSSR count). The minimum absolute atomic E-state index is 0.268. The molecule has 0 saturated carbocycles. The third kappa shape index (κ3) is 2.43. The summed E-state index contributed by atoms with van der Waals surface area (Å²) in [5.74, 6) is -0.449. The molecule has 0 atom stereocenters. The Kier molecular flexibility index (Phi) is 3.50. The van der Waals surface area contributed by atoms with Crippen molar-refractivity contribution in [2.75, 3.05) is 5.32 Å². The second kappa shape index (κ2) is 5.69. The third-order valence-corrected chi connectivity index (χ3v) is 4.14. The molecule has 5 nitrogen and oxygen atoms in total. The van der Waals surface area contributed by atoms with Gasteiger partial charge >= 0.3 is 0 Å². The number of H-pyrrole nitrogens is 2. The first kappa shape index (κ1) is 14.8. The van der Waals surface area contributed by atoms with Gasteiger partial charge in [0.25, 0.3) is 0 Å². The average Bonchev–Trinajstić information content (AvgIpc) is 3.23. The first-order valence-electron chi connectivity index (χ1n) is 7.31. The summed E-state index contributed by atoms with van der Waals surface area (Å²) in [5.41, 5.74) is 4.15. The molecule has 2 aromatic carbocycles. The van der Waals surface area contributed by atoms with E-state index in [-0.39, 0.29) is 5.52 Å². The van der Waals surface area contributed by atoms with Crippen LogP contribution in [0.15, 0.2) is 43.1 Å². The van der Waals surface area contributed by atoms with Crippen molar-refractivity contribution in [3.05, 3.63) is 54.0 Å². The predicted molar refractivity (Wildman–Crippen MR) is 96.5 cm³/mol. The zero-order chi connectivity index (χ0) is 16.7. The van der Waals surface area contributed by atoms with Crippen LogP contribution in [-0.2, 0) is 0 Å². The number of rotatable bonds is 3. The fourth-order valence-corrected chi connectivity index (χ4v) is 2.92. The van der Waals surface area contributed by atoms with Crippen molar-refractivity contribution < 1.29 is 4.39 Å². The highest BCUT2D eigenvalue weighted by molar-refractivity contribution is 6.37. The molecule has 4 aromatic rings. The summed E-state index contributed by atoms with van der Waals surface area (Å²) in [6.45, 7) is 0. The van der Waals surface area contributed by atoms with E-state index < -0.39 is 5.82 Å². The Bertz CT molecular complexity index is 1030. The monoisotopic (exact) mass is 339 g/mol. The molecule has 2 heterocycles. The van der Waals surface area contributed by atoms with Crippen molar-refractivity contribution in [2.24, 2.45) is 0 Å². The van der Waals surface area contributed by atoms with E-state index in [1.54, 1.807) is 12.5 Å². The topological polar surface area (TPSA) is 69.4 Å². The van der Waals surface area contributed by atoms with Gasteiger partial charge in [-0.2, -0.15) is 0 Å². The number of halogens is 2. The maximum atomic E-state index is 15.0. The number of nitrogens with zero attached hydrogens (tertiary/aromatic N) is 2. The molecule has 118 valence electrons. The lowest BCUT2D eigenvalue weighted by Gasteiger charge is -2.14. The van der Waals surface area contributed by atoms with Gasteiger partial charge in [-0.25, -0.2) is 14.4 Å². The van der Waals surface area contributed by atoms with E-state index in [9.17, 15) is 0 Å². The van der Waals surface area contributed by atoms with Crippen molar-refractivity contribution in [3.8, 4) is 11.3 Å². The molecular weight excluding hydrogens is 327 g/mol. The lowest BCUT2D eigenvalue weighted by Crippen LogP contribution is -2.04. The normalized spacial score (nSPS) is 11.1. The Balaban J connectivity index is 1.92. The van der Waals surface area contributed by atoms with Gasteiger partial charge in [0.15, 0.2) is 5.82 Å². The number of hydrogen-bond donors (Lipinski definition) is 3. The van der Waals surface area contributed by atoms with Crippen molar-refractivity contribution in [1.29, 1.82) is 0 Å². The van der Waals surface area contributed by atoms with Crippen LogP contribution in [0.5, 0.6) is 0 Å². The Labute approximate surface area is 142 Å². The number of aromatic nitrogens is 4. The molecule has 0 radical (unpaired) electrons. The van der Waals surface area contributed by atoms with E-state index in [0.29, 0.717) is 33.2 Å². The largest absolute Gasteiger partial charge is 0.351 e. The molecule has 0 unspecified atom stereocenters. The fourth-order valence-electron chi connectivity index (χ4n) is 2.64. The smallest absolute Gasteiger partial charge is 0.175 e. The molecule has 0 aliphatic carbocycles. The maximum Gasteiger partial charge on any atom is 0.175 e. The maximum absolute atomic E-state index is 15.0. The van der Waals surface area contributed by atoms with E-state index >= 15 is 4.39 Å². The van der Waals surface area contributed by atoms with Gasteiger partial charge in [0, 0.05) is 5.56 Å². The fraction of sp³-hybridized carbons (Fsp3) is 0. The first-order valence-corrected chi connectivity index (χ1v) is 7.69. The molecule has 0 aliphatic heterocycles. The molecule has 3 N–H and O–H groups in total. The molecule has 0 bridgehead atoms. The first-order chi connectivity index (χ1) is 11.6. The minimum Gasteiger partial charge on any atom is -0.351 e. The SMILES string of the molecule is Bc1ccc(Nc2c(-c3cnc[nH]3)cc3[nH]cnc3c2F)c(Cl)c1. The molecule has 0 spiro atoms. The van der Waals surface area contributed by atoms with Crippen molar-refractivity contribution in [1.82, 2.24) is 19.9 Å². The Morgan fingerprint density at radius 3 is 2.79 bits per heavy atom. The highest BCUT2D eigenvalue weighted by Crippen LogP contribution is 2.36. The minimum atomic E-state index is -0.449. The van der Waals surface area contributed by atoms with Gasteiger partial charge in [0.05, 0.1) is 46.5 Å². The van der Waals surface area contributed by atoms with Crippen molar-refractivity contribution in [3.63, 3.8) is 0 Å². The van der Waals surface area contributed by atoms with Crippen LogP contribution in [0.2, 0.25) is 5.02 Å². The number of fused-ring (bicyclic) bond motifs is 1. The van der Waals surface area contributed by atoms with Gasteiger partial charge in [-0.15, -0.1) is 0 Å². The zero-order valence-electron chi connectivity index (χ0n) is 12.7. The van der Waals surface area contributed by atoms with Gasteiger partial charge < -0.3 is 15.3 Å². The summed E-state index contributed by atoms with van der Waals surface area (Å²) in [5, 5.41) is 3.62. The van der Waals surface area contributed by atoms with Crippen molar-refractivity contribution >= 4 is 47.3 Å². The molecule has 0 aliphatic rings. The number of benzene rings is 2. The Hall–Kier alpha value is -2.80. The van der Waals surface area contributed by atoms with Crippen LogP contribution < -0.4 is 10.8 Å². The van der Waals surface area contributed by atoms with Crippen LogP contribution in [0.4, 0.5) is 15.8 Å². The van der Waals surface area contributed by atoms with Gasteiger partial charge in [-0.1, -0.05) is 23.1 Å². The van der Waals surface area contributed by atoms with Crippen LogP contribution in [0.25, 0.3) is 22.3 Å². The lowest BCUT2D eigenvalue weighted by molar-refractivity contribution is 0.641. The predicted octanol–water partition coefficient (Wildman–Crippen LogP) is 2.75. The summed E-state index contributed by atoms with van der Waals surface area (Å²) >= 11 is 6.28. The van der Waals surface area contributed by atoms with Crippen LogP contribution in [-0.4, -0.2) is 27.8 Å². The molecule has 2 aromatic heterocycles. The Morgan fingerprint density at radius 2 is 2.04 bits per heavy atom. The number of anilines is 2. The average molecular weight is 340 g/mol. The highest BCUT2D eigenvalue weighted by Gasteiger charge is 2.18. The number of imidazole rings is 2. The summed E-state index contributed by atoms with van der Waals surface area (Å²) in [4.78, 5) is 14.0. The number of aromatic amines is 2. The summed E-state index contributed by atoms with van der Waals surface area (Å²) in [7, 11) is 1.95. The second-order valence-electron chi connectivity index (χ2n) is 5.49.